The monoisotopic (exact) mass is 458 g/mol. The maximum Gasteiger partial charge on any atom is 0.409 e. The number of ether oxygens (including phenoxy) is 1. The van der Waals surface area contributed by atoms with E-state index in [1.165, 1.54) is 5.56 Å². The Bertz CT molecular complexity index is 1130. The molecule has 34 heavy (non-hydrogen) atoms. The Balaban J connectivity index is 1.24. The summed E-state index contributed by atoms with van der Waals surface area (Å²) in [6, 6.07) is 16.8. The number of hydrogen-bond acceptors (Lipinski definition) is 7. The number of carbonyl (C=O) groups is 1. The van der Waals surface area contributed by atoms with Crippen LogP contribution in [-0.2, 0) is 11.2 Å². The third-order valence-electron chi connectivity index (χ3n) is 6.45. The third kappa shape index (κ3) is 4.95. The fraction of sp³-hybridized carbons (Fsp3) is 0.385. The average Bonchev–Trinajstić information content (AvgIpc) is 2.89. The molecule has 0 spiro atoms. The van der Waals surface area contributed by atoms with Crippen LogP contribution in [0.3, 0.4) is 0 Å². The maximum atomic E-state index is 11.9. The van der Waals surface area contributed by atoms with Crippen molar-refractivity contribution in [2.24, 2.45) is 0 Å². The van der Waals surface area contributed by atoms with Gasteiger partial charge in [-0.15, -0.1) is 0 Å². The molecule has 4 heterocycles. The van der Waals surface area contributed by atoms with Crippen LogP contribution in [0.2, 0.25) is 0 Å². The molecule has 1 unspecified atom stereocenters. The summed E-state index contributed by atoms with van der Waals surface area (Å²) >= 11 is 0. The van der Waals surface area contributed by atoms with Gasteiger partial charge in [0.2, 0.25) is 5.95 Å². The summed E-state index contributed by atoms with van der Waals surface area (Å²) < 4.78 is 5.11. The highest BCUT2D eigenvalue weighted by Crippen LogP contribution is 2.32. The first-order valence-electron chi connectivity index (χ1n) is 12.0. The number of likely N-dealkylation sites (tertiary alicyclic amines) is 1. The second kappa shape index (κ2) is 10.1. The van der Waals surface area contributed by atoms with Crippen molar-refractivity contribution in [3.8, 4) is 11.3 Å². The minimum Gasteiger partial charge on any atom is -0.450 e. The van der Waals surface area contributed by atoms with E-state index in [1.54, 1.807) is 4.90 Å². The van der Waals surface area contributed by atoms with Crippen LogP contribution in [0.15, 0.2) is 54.7 Å². The number of aryl methyl sites for hydroxylation is 1. The lowest BCUT2D eigenvalue weighted by atomic mass is 9.98. The summed E-state index contributed by atoms with van der Waals surface area (Å²) in [5.41, 5.74) is 4.26. The first-order chi connectivity index (χ1) is 16.7. The number of hydrogen-bond donors (Lipinski definition) is 2. The van der Waals surface area contributed by atoms with Crippen molar-refractivity contribution in [1.29, 1.82) is 0 Å². The fourth-order valence-electron chi connectivity index (χ4n) is 4.58. The topological polar surface area (TPSA) is 92.3 Å². The predicted octanol–water partition coefficient (Wildman–Crippen LogP) is 4.67. The molecule has 0 saturated carbocycles. The Labute approximate surface area is 199 Å². The van der Waals surface area contributed by atoms with E-state index >= 15 is 0 Å². The molecule has 1 aromatic carbocycles. The van der Waals surface area contributed by atoms with E-state index in [-0.39, 0.29) is 18.2 Å². The maximum absolute atomic E-state index is 11.9. The van der Waals surface area contributed by atoms with Gasteiger partial charge in [-0.2, -0.15) is 0 Å². The predicted molar refractivity (Wildman–Crippen MR) is 132 cm³/mol. The minimum absolute atomic E-state index is 0.0836. The van der Waals surface area contributed by atoms with Crippen molar-refractivity contribution < 1.29 is 9.53 Å². The van der Waals surface area contributed by atoms with E-state index in [1.807, 2.05) is 37.4 Å². The standard InChI is InChI=1S/C26H30N6O2/c1-2-34-26(33)32-16-13-20(14-17-32)28-25-27-15-12-23(31-25)22-11-9-19-8-10-21(29-24(19)30-22)18-6-4-3-5-7-18/h3-8,10,12,15,20,22H,2,9,11,13-14,16-17H2,1H3,(H,29,30)(H,27,28,31). The summed E-state index contributed by atoms with van der Waals surface area (Å²) in [5, 5.41) is 7.05. The van der Waals surface area contributed by atoms with Crippen LogP contribution in [0.4, 0.5) is 16.6 Å². The molecule has 3 aromatic rings. The van der Waals surface area contributed by atoms with Crippen LogP contribution in [0, 0.1) is 0 Å². The second-order valence-electron chi connectivity index (χ2n) is 8.72. The molecule has 1 fully saturated rings. The van der Waals surface area contributed by atoms with Crippen molar-refractivity contribution in [2.45, 2.75) is 44.7 Å². The number of piperidine rings is 1. The summed E-state index contributed by atoms with van der Waals surface area (Å²) in [4.78, 5) is 27.8. The molecule has 5 rings (SSSR count). The fourth-order valence-corrected chi connectivity index (χ4v) is 4.58. The van der Waals surface area contributed by atoms with E-state index in [9.17, 15) is 4.79 Å². The molecule has 2 aromatic heterocycles. The van der Waals surface area contributed by atoms with Crippen LogP contribution in [0.25, 0.3) is 11.3 Å². The molecule has 2 aliphatic rings. The SMILES string of the molecule is CCOC(=O)N1CCC(Nc2nccc(C3CCc4ccc(-c5ccccc5)nc4N3)n2)CC1. The number of carbonyl (C=O) groups excluding carboxylic acids is 1. The van der Waals surface area contributed by atoms with Gasteiger partial charge in [-0.3, -0.25) is 0 Å². The van der Waals surface area contributed by atoms with E-state index < -0.39 is 0 Å². The zero-order chi connectivity index (χ0) is 23.3. The Kier molecular flexibility index (Phi) is 6.56. The van der Waals surface area contributed by atoms with Crippen molar-refractivity contribution in [2.75, 3.05) is 30.3 Å². The molecular formula is C26H30N6O2. The number of nitrogens with zero attached hydrogens (tertiary/aromatic N) is 4. The molecule has 0 bridgehead atoms. The molecule has 2 N–H and O–H groups in total. The highest BCUT2D eigenvalue weighted by molar-refractivity contribution is 5.67. The van der Waals surface area contributed by atoms with E-state index in [0.29, 0.717) is 25.6 Å². The van der Waals surface area contributed by atoms with Gasteiger partial charge in [0.1, 0.15) is 5.82 Å². The first kappa shape index (κ1) is 22.1. The Morgan fingerprint density at radius 2 is 1.91 bits per heavy atom. The van der Waals surface area contributed by atoms with Gasteiger partial charge in [0.05, 0.1) is 24.0 Å². The van der Waals surface area contributed by atoms with Gasteiger partial charge in [0, 0.05) is 30.9 Å². The number of nitrogens with one attached hydrogen (secondary N) is 2. The number of rotatable bonds is 5. The highest BCUT2D eigenvalue weighted by atomic mass is 16.6. The molecule has 0 aliphatic carbocycles. The number of aromatic nitrogens is 3. The van der Waals surface area contributed by atoms with Crippen molar-refractivity contribution in [3.63, 3.8) is 0 Å². The van der Waals surface area contributed by atoms with Gasteiger partial charge >= 0.3 is 6.09 Å². The summed E-state index contributed by atoms with van der Waals surface area (Å²) in [5.74, 6) is 1.56. The van der Waals surface area contributed by atoms with Crippen LogP contribution in [0.1, 0.15) is 43.5 Å². The second-order valence-corrected chi connectivity index (χ2v) is 8.72. The average molecular weight is 459 g/mol. The zero-order valence-corrected chi connectivity index (χ0v) is 19.4. The van der Waals surface area contributed by atoms with E-state index in [4.69, 9.17) is 14.7 Å². The van der Waals surface area contributed by atoms with Gasteiger partial charge in [-0.05, 0) is 50.3 Å². The van der Waals surface area contributed by atoms with Crippen molar-refractivity contribution in [1.82, 2.24) is 19.9 Å². The van der Waals surface area contributed by atoms with E-state index in [0.717, 1.165) is 48.5 Å². The quantitative estimate of drug-likeness (QED) is 0.574. The van der Waals surface area contributed by atoms with Gasteiger partial charge in [0.15, 0.2) is 0 Å². The highest BCUT2D eigenvalue weighted by Gasteiger charge is 2.25. The molecule has 176 valence electrons. The van der Waals surface area contributed by atoms with Crippen LogP contribution < -0.4 is 10.6 Å². The lowest BCUT2D eigenvalue weighted by Gasteiger charge is -2.31. The number of anilines is 2. The van der Waals surface area contributed by atoms with Crippen LogP contribution in [0.5, 0.6) is 0 Å². The third-order valence-corrected chi connectivity index (χ3v) is 6.45. The lowest BCUT2D eigenvalue weighted by Crippen LogP contribution is -2.42. The summed E-state index contributed by atoms with van der Waals surface area (Å²) in [6.07, 6.45) is 5.17. The van der Waals surface area contributed by atoms with Crippen molar-refractivity contribution in [3.05, 3.63) is 66.0 Å². The van der Waals surface area contributed by atoms with Gasteiger partial charge in [0.25, 0.3) is 0 Å². The number of benzene rings is 1. The molecule has 8 nitrogen and oxygen atoms in total. The normalized spacial score (nSPS) is 18.0. The van der Waals surface area contributed by atoms with Gasteiger partial charge in [-0.25, -0.2) is 19.7 Å². The summed E-state index contributed by atoms with van der Waals surface area (Å²) in [7, 11) is 0. The molecule has 1 atom stereocenters. The molecule has 0 radical (unpaired) electrons. The van der Waals surface area contributed by atoms with Crippen molar-refractivity contribution >= 4 is 17.9 Å². The number of fused-ring (bicyclic) bond motifs is 1. The van der Waals surface area contributed by atoms with Crippen LogP contribution in [-0.4, -0.2) is 51.7 Å². The molecule has 8 heteroatoms. The van der Waals surface area contributed by atoms with Gasteiger partial charge in [-0.1, -0.05) is 36.4 Å². The molecular weight excluding hydrogens is 428 g/mol. The zero-order valence-electron chi connectivity index (χ0n) is 19.4. The summed E-state index contributed by atoms with van der Waals surface area (Å²) in [6.45, 7) is 3.58. The van der Waals surface area contributed by atoms with Crippen LogP contribution >= 0.6 is 0 Å². The minimum atomic E-state index is -0.230. The smallest absolute Gasteiger partial charge is 0.409 e. The largest absolute Gasteiger partial charge is 0.450 e. The molecule has 1 saturated heterocycles. The Morgan fingerprint density at radius 1 is 1.09 bits per heavy atom. The Morgan fingerprint density at radius 3 is 2.71 bits per heavy atom. The molecule has 1 amide bonds. The number of pyridine rings is 1. The lowest BCUT2D eigenvalue weighted by molar-refractivity contribution is 0.0983. The Hall–Kier alpha value is -3.68. The number of amides is 1. The molecule has 2 aliphatic heterocycles. The van der Waals surface area contributed by atoms with Gasteiger partial charge < -0.3 is 20.3 Å². The first-order valence-corrected chi connectivity index (χ1v) is 12.0. The van der Waals surface area contributed by atoms with E-state index in [2.05, 4.69) is 39.9 Å².